The Labute approximate surface area is 238 Å². The highest BCUT2D eigenvalue weighted by atomic mass is 16.4. The van der Waals surface area contributed by atoms with Crippen LogP contribution < -0.4 is 10.6 Å². The molecule has 2 amide bonds. The molecule has 3 aromatic rings. The molecule has 41 heavy (non-hydrogen) atoms. The number of oxazole rings is 1. The van der Waals surface area contributed by atoms with Crippen molar-refractivity contribution in [3.8, 4) is 22.7 Å². The molecule has 218 valence electrons. The third kappa shape index (κ3) is 6.84. The van der Waals surface area contributed by atoms with Gasteiger partial charge in [0.25, 0.3) is 11.8 Å². The van der Waals surface area contributed by atoms with E-state index in [1.54, 1.807) is 52.0 Å². The van der Waals surface area contributed by atoms with Crippen LogP contribution in [0.15, 0.2) is 40.9 Å². The van der Waals surface area contributed by atoms with Gasteiger partial charge in [0, 0.05) is 17.2 Å². The zero-order valence-electron chi connectivity index (χ0n) is 23.8. The van der Waals surface area contributed by atoms with Crippen LogP contribution in [0.2, 0.25) is 0 Å². The van der Waals surface area contributed by atoms with Crippen molar-refractivity contribution in [1.29, 1.82) is 0 Å². The Kier molecular flexibility index (Phi) is 7.74. The fourth-order valence-electron chi connectivity index (χ4n) is 5.03. The van der Waals surface area contributed by atoms with Crippen molar-refractivity contribution in [2.45, 2.75) is 77.6 Å². The Morgan fingerprint density at radius 3 is 2.29 bits per heavy atom. The van der Waals surface area contributed by atoms with Crippen LogP contribution in [-0.4, -0.2) is 60.4 Å². The molecule has 0 saturated heterocycles. The summed E-state index contributed by atoms with van der Waals surface area (Å²) in [6, 6.07) is 7.87. The van der Waals surface area contributed by atoms with Gasteiger partial charge in [-0.25, -0.2) is 9.78 Å². The molecule has 0 radical (unpaired) electrons. The first-order valence-corrected chi connectivity index (χ1v) is 14.1. The quantitative estimate of drug-likeness (QED) is 0.259. The SMILES string of the molecule is CC(C)C(NC(=O)c1cc(-c2cccc(-c3ncc(C(=O)NC(C4CC4)C4CC4)o3)c2)nn1CC(C)(C)O)C(=O)O. The van der Waals surface area contributed by atoms with Gasteiger partial charge in [-0.3, -0.25) is 14.3 Å². The summed E-state index contributed by atoms with van der Waals surface area (Å²) in [7, 11) is 0. The van der Waals surface area contributed by atoms with E-state index in [9.17, 15) is 24.6 Å². The Morgan fingerprint density at radius 2 is 1.71 bits per heavy atom. The van der Waals surface area contributed by atoms with E-state index in [2.05, 4.69) is 20.7 Å². The lowest BCUT2D eigenvalue weighted by molar-refractivity contribution is -0.140. The minimum absolute atomic E-state index is 0.00970. The number of carbonyl (C=O) groups is 3. The lowest BCUT2D eigenvalue weighted by Gasteiger charge is -2.20. The summed E-state index contributed by atoms with van der Waals surface area (Å²) in [6.07, 6.45) is 6.05. The molecule has 11 nitrogen and oxygen atoms in total. The molecule has 2 saturated carbocycles. The smallest absolute Gasteiger partial charge is 0.326 e. The number of rotatable bonds is 12. The second kappa shape index (κ2) is 11.1. The van der Waals surface area contributed by atoms with Crippen LogP contribution in [0.4, 0.5) is 0 Å². The van der Waals surface area contributed by atoms with E-state index in [1.165, 1.54) is 10.9 Å². The molecule has 11 heteroatoms. The molecular weight excluding hydrogens is 526 g/mol. The number of benzene rings is 1. The van der Waals surface area contributed by atoms with Gasteiger partial charge in [-0.2, -0.15) is 5.10 Å². The summed E-state index contributed by atoms with van der Waals surface area (Å²) < 4.78 is 7.22. The molecular formula is C30H37N5O6. The molecule has 2 fully saturated rings. The van der Waals surface area contributed by atoms with Gasteiger partial charge >= 0.3 is 5.97 Å². The third-order valence-corrected chi connectivity index (χ3v) is 7.46. The molecule has 2 aliphatic carbocycles. The first kappa shape index (κ1) is 28.5. The highest BCUT2D eigenvalue weighted by molar-refractivity contribution is 5.96. The average molecular weight is 564 g/mol. The number of hydrogen-bond donors (Lipinski definition) is 4. The summed E-state index contributed by atoms with van der Waals surface area (Å²) in [5.74, 6) is -0.771. The minimum Gasteiger partial charge on any atom is -0.480 e. The Bertz CT molecular complexity index is 1430. The number of hydrogen-bond acceptors (Lipinski definition) is 7. The highest BCUT2D eigenvalue weighted by Gasteiger charge is 2.42. The van der Waals surface area contributed by atoms with Crippen molar-refractivity contribution in [3.63, 3.8) is 0 Å². The van der Waals surface area contributed by atoms with Crippen LogP contribution in [0.1, 0.15) is 74.4 Å². The summed E-state index contributed by atoms with van der Waals surface area (Å²) in [6.45, 7) is 6.62. The summed E-state index contributed by atoms with van der Waals surface area (Å²) in [4.78, 5) is 42.0. The van der Waals surface area contributed by atoms with Gasteiger partial charge in [0.1, 0.15) is 11.7 Å². The summed E-state index contributed by atoms with van der Waals surface area (Å²) >= 11 is 0. The van der Waals surface area contributed by atoms with E-state index in [0.717, 1.165) is 25.7 Å². The number of nitrogens with zero attached hydrogens (tertiary/aromatic N) is 3. The predicted molar refractivity (Wildman–Crippen MR) is 150 cm³/mol. The molecule has 5 rings (SSSR count). The second-order valence-electron chi connectivity index (χ2n) is 12.2. The Hall–Kier alpha value is -3.99. The number of carboxylic acid groups (broad SMARTS) is 1. The number of amides is 2. The van der Waals surface area contributed by atoms with Crippen LogP contribution >= 0.6 is 0 Å². The molecule has 1 aromatic carbocycles. The lowest BCUT2D eigenvalue weighted by Crippen LogP contribution is -2.45. The molecule has 0 spiro atoms. The van der Waals surface area contributed by atoms with Gasteiger partial charge in [0.15, 0.2) is 0 Å². The van der Waals surface area contributed by atoms with E-state index in [-0.39, 0.29) is 41.8 Å². The van der Waals surface area contributed by atoms with Crippen LogP contribution in [0.5, 0.6) is 0 Å². The van der Waals surface area contributed by atoms with Crippen molar-refractivity contribution in [3.05, 3.63) is 48.0 Å². The normalized spacial score (nSPS) is 16.2. The maximum atomic E-state index is 13.2. The van der Waals surface area contributed by atoms with Gasteiger partial charge in [-0.15, -0.1) is 0 Å². The number of aliphatic hydroxyl groups is 1. The van der Waals surface area contributed by atoms with Gasteiger partial charge < -0.3 is 25.3 Å². The molecule has 1 atom stereocenters. The molecule has 0 bridgehead atoms. The molecule has 4 N–H and O–H groups in total. The number of aliphatic carboxylic acids is 1. The van der Waals surface area contributed by atoms with Gasteiger partial charge in [0.2, 0.25) is 11.7 Å². The zero-order valence-corrected chi connectivity index (χ0v) is 23.8. The largest absolute Gasteiger partial charge is 0.480 e. The van der Waals surface area contributed by atoms with Crippen molar-refractivity contribution >= 4 is 17.8 Å². The highest BCUT2D eigenvalue weighted by Crippen LogP contribution is 2.44. The third-order valence-electron chi connectivity index (χ3n) is 7.46. The topological polar surface area (TPSA) is 160 Å². The summed E-state index contributed by atoms with van der Waals surface area (Å²) in [5.41, 5.74) is 0.652. The number of aromatic nitrogens is 3. The van der Waals surface area contributed by atoms with E-state index in [0.29, 0.717) is 28.7 Å². The Balaban J connectivity index is 1.38. The van der Waals surface area contributed by atoms with Crippen LogP contribution in [0, 0.1) is 17.8 Å². The van der Waals surface area contributed by atoms with Crippen LogP contribution in [0.25, 0.3) is 22.7 Å². The van der Waals surface area contributed by atoms with Crippen molar-refractivity contribution < 1.29 is 29.0 Å². The molecule has 2 heterocycles. The van der Waals surface area contributed by atoms with Gasteiger partial charge in [-0.1, -0.05) is 26.0 Å². The predicted octanol–water partition coefficient (Wildman–Crippen LogP) is 3.73. The van der Waals surface area contributed by atoms with Crippen molar-refractivity contribution in [2.24, 2.45) is 17.8 Å². The number of nitrogens with one attached hydrogen (secondary N) is 2. The maximum Gasteiger partial charge on any atom is 0.326 e. The van der Waals surface area contributed by atoms with E-state index < -0.39 is 23.5 Å². The van der Waals surface area contributed by atoms with E-state index >= 15 is 0 Å². The second-order valence-corrected chi connectivity index (χ2v) is 12.2. The molecule has 0 aliphatic heterocycles. The minimum atomic E-state index is -1.18. The van der Waals surface area contributed by atoms with Crippen LogP contribution in [-0.2, 0) is 11.3 Å². The standard InChI is InChI=1S/C30H37N5O6/c1-16(2)24(29(38)39)32-26(36)22-13-21(34-35(22)15-30(3,4)40)19-6-5-7-20(12-19)28-31-14-23(41-28)27(37)33-25(17-8-9-17)18-10-11-18/h5-7,12-14,16-18,24-25,40H,8-11,15H2,1-4H3,(H,32,36)(H,33,37)(H,38,39). The van der Waals surface area contributed by atoms with Gasteiger partial charge in [-0.05, 0) is 75.5 Å². The molecule has 1 unspecified atom stereocenters. The zero-order chi connectivity index (χ0) is 29.5. The molecule has 2 aliphatic rings. The first-order chi connectivity index (χ1) is 19.4. The first-order valence-electron chi connectivity index (χ1n) is 14.1. The lowest BCUT2D eigenvalue weighted by atomic mass is 10.0. The monoisotopic (exact) mass is 563 g/mol. The fraction of sp³-hybridized carbons (Fsp3) is 0.500. The summed E-state index contributed by atoms with van der Waals surface area (Å²) in [5, 5.41) is 30.2. The number of carboxylic acids is 1. The average Bonchev–Trinajstić information content (AvgIpc) is 3.83. The number of carbonyl (C=O) groups excluding carboxylic acids is 2. The van der Waals surface area contributed by atoms with E-state index in [4.69, 9.17) is 4.42 Å². The van der Waals surface area contributed by atoms with E-state index in [1.807, 2.05) is 6.07 Å². The fourth-order valence-corrected chi connectivity index (χ4v) is 5.03. The van der Waals surface area contributed by atoms with Crippen molar-refractivity contribution in [1.82, 2.24) is 25.4 Å². The van der Waals surface area contributed by atoms with Gasteiger partial charge in [0.05, 0.1) is 24.0 Å². The van der Waals surface area contributed by atoms with Crippen LogP contribution in [0.3, 0.4) is 0 Å². The Morgan fingerprint density at radius 1 is 1.05 bits per heavy atom. The maximum absolute atomic E-state index is 13.2. The molecule has 2 aromatic heterocycles. The van der Waals surface area contributed by atoms with Crippen molar-refractivity contribution in [2.75, 3.05) is 0 Å².